The first-order valence-corrected chi connectivity index (χ1v) is 11.1. The van der Waals surface area contributed by atoms with Gasteiger partial charge in [0.25, 0.3) is 0 Å². The first kappa shape index (κ1) is 18.8. The van der Waals surface area contributed by atoms with Crippen LogP contribution in [0.4, 0.5) is 0 Å². The highest BCUT2D eigenvalue weighted by Crippen LogP contribution is 2.20. The number of rotatable bonds is 7. The Morgan fingerprint density at radius 1 is 1.20 bits per heavy atom. The second kappa shape index (κ2) is 8.62. The molecule has 0 N–H and O–H groups in total. The first-order valence-electron chi connectivity index (χ1n) is 9.32. The fourth-order valence-electron chi connectivity index (χ4n) is 3.70. The van der Waals surface area contributed by atoms with Crippen molar-refractivity contribution >= 4 is 9.84 Å². The van der Waals surface area contributed by atoms with Gasteiger partial charge in [0.05, 0.1) is 24.7 Å². The Kier molecular flexibility index (Phi) is 6.49. The maximum Gasteiger partial charge on any atom is 0.151 e. The van der Waals surface area contributed by atoms with E-state index in [1.807, 2.05) is 0 Å². The summed E-state index contributed by atoms with van der Waals surface area (Å²) in [5.74, 6) is 0.655. The summed E-state index contributed by atoms with van der Waals surface area (Å²) in [4.78, 5) is 4.83. The Morgan fingerprint density at radius 2 is 1.92 bits per heavy atom. The van der Waals surface area contributed by atoms with Crippen LogP contribution in [0.15, 0.2) is 24.3 Å². The van der Waals surface area contributed by atoms with E-state index in [0.717, 1.165) is 58.8 Å². The fourth-order valence-corrected chi connectivity index (χ4v) is 5.47. The molecule has 0 aromatic heterocycles. The number of hydrogen-bond acceptors (Lipinski definition) is 5. The van der Waals surface area contributed by atoms with Crippen molar-refractivity contribution in [2.75, 3.05) is 50.9 Å². The topological polar surface area (TPSA) is 49.9 Å². The molecule has 2 fully saturated rings. The third-order valence-corrected chi connectivity index (χ3v) is 7.00. The summed E-state index contributed by atoms with van der Waals surface area (Å²) >= 11 is 0. The van der Waals surface area contributed by atoms with Crippen molar-refractivity contribution < 1.29 is 13.2 Å². The quantitative estimate of drug-likeness (QED) is 0.735. The Bertz CT molecular complexity index is 639. The summed E-state index contributed by atoms with van der Waals surface area (Å²) in [6.45, 7) is 8.61. The molecule has 3 rings (SSSR count). The van der Waals surface area contributed by atoms with Crippen molar-refractivity contribution in [3.63, 3.8) is 0 Å². The normalized spacial score (nSPS) is 24.0. The van der Waals surface area contributed by atoms with E-state index >= 15 is 0 Å². The van der Waals surface area contributed by atoms with Gasteiger partial charge in [0.1, 0.15) is 0 Å². The van der Waals surface area contributed by atoms with Gasteiger partial charge in [-0.2, -0.15) is 0 Å². The van der Waals surface area contributed by atoms with E-state index in [2.05, 4.69) is 41.0 Å². The summed E-state index contributed by atoms with van der Waals surface area (Å²) in [6.07, 6.45) is 1.84. The number of morpholine rings is 1. The van der Waals surface area contributed by atoms with Gasteiger partial charge in [-0.25, -0.2) is 8.42 Å². The molecule has 6 heteroatoms. The minimum atomic E-state index is -2.85. The van der Waals surface area contributed by atoms with Crippen LogP contribution in [0.25, 0.3) is 0 Å². The molecule has 0 radical (unpaired) electrons. The molecule has 1 atom stereocenters. The molecule has 1 aromatic carbocycles. The maximum atomic E-state index is 11.9. The van der Waals surface area contributed by atoms with Gasteiger partial charge < -0.3 is 4.74 Å². The van der Waals surface area contributed by atoms with E-state index in [1.54, 1.807) is 0 Å². The fraction of sp³-hybridized carbons (Fsp3) is 0.684. The minimum Gasteiger partial charge on any atom is -0.379 e. The molecule has 0 saturated carbocycles. The van der Waals surface area contributed by atoms with Crippen LogP contribution in [0, 0.1) is 6.92 Å². The van der Waals surface area contributed by atoms with E-state index < -0.39 is 9.84 Å². The highest BCUT2D eigenvalue weighted by atomic mass is 32.2. The molecule has 0 spiro atoms. The SMILES string of the molecule is Cc1ccc(CN(CCCN2CCOCC2)[C@@H]2CCS(=O)(=O)C2)cc1. The van der Waals surface area contributed by atoms with Crippen LogP contribution in [0.3, 0.4) is 0 Å². The van der Waals surface area contributed by atoms with Crippen LogP contribution in [0.5, 0.6) is 0 Å². The average Bonchev–Trinajstić information content (AvgIpc) is 2.97. The molecule has 0 unspecified atom stereocenters. The van der Waals surface area contributed by atoms with E-state index in [9.17, 15) is 8.42 Å². The van der Waals surface area contributed by atoms with Crippen molar-refractivity contribution in [2.45, 2.75) is 32.4 Å². The molecule has 2 aliphatic heterocycles. The van der Waals surface area contributed by atoms with Gasteiger partial charge in [-0.3, -0.25) is 9.80 Å². The second-order valence-electron chi connectivity index (χ2n) is 7.32. The Labute approximate surface area is 151 Å². The molecule has 2 heterocycles. The van der Waals surface area contributed by atoms with Crippen molar-refractivity contribution in [3.8, 4) is 0 Å². The maximum absolute atomic E-state index is 11.9. The first-order chi connectivity index (χ1) is 12.0. The molecule has 0 aliphatic carbocycles. The highest BCUT2D eigenvalue weighted by Gasteiger charge is 2.32. The van der Waals surface area contributed by atoms with E-state index in [-0.39, 0.29) is 6.04 Å². The van der Waals surface area contributed by atoms with Crippen LogP contribution in [-0.4, -0.2) is 75.2 Å². The van der Waals surface area contributed by atoms with E-state index in [0.29, 0.717) is 11.5 Å². The molecule has 2 saturated heterocycles. The van der Waals surface area contributed by atoms with E-state index in [1.165, 1.54) is 11.1 Å². The standard InChI is InChI=1S/C19H30N2O3S/c1-17-3-5-18(6-4-17)15-21(19-7-14-25(22,23)16-19)9-2-8-20-10-12-24-13-11-20/h3-6,19H,2,7-16H2,1H3/t19-/m1/s1. The zero-order valence-corrected chi connectivity index (χ0v) is 16.0. The summed E-state index contributed by atoms with van der Waals surface area (Å²) in [5.41, 5.74) is 2.52. The van der Waals surface area contributed by atoms with Crippen molar-refractivity contribution in [3.05, 3.63) is 35.4 Å². The number of aryl methyl sites for hydroxylation is 1. The largest absolute Gasteiger partial charge is 0.379 e. The van der Waals surface area contributed by atoms with Gasteiger partial charge in [-0.05, 0) is 31.9 Å². The van der Waals surface area contributed by atoms with Crippen molar-refractivity contribution in [1.82, 2.24) is 9.80 Å². The summed E-state index contributed by atoms with van der Waals surface area (Å²) in [7, 11) is -2.85. The Morgan fingerprint density at radius 3 is 2.56 bits per heavy atom. The number of sulfone groups is 1. The summed E-state index contributed by atoms with van der Waals surface area (Å²) < 4.78 is 29.2. The third kappa shape index (κ3) is 5.78. The van der Waals surface area contributed by atoms with Crippen LogP contribution in [0.2, 0.25) is 0 Å². The predicted octanol–water partition coefficient (Wildman–Crippen LogP) is 1.71. The van der Waals surface area contributed by atoms with Gasteiger partial charge in [0.15, 0.2) is 9.84 Å². The molecule has 25 heavy (non-hydrogen) atoms. The lowest BCUT2D eigenvalue weighted by molar-refractivity contribution is 0.0354. The number of nitrogens with zero attached hydrogens (tertiary/aromatic N) is 2. The highest BCUT2D eigenvalue weighted by molar-refractivity contribution is 7.91. The molecular formula is C19H30N2O3S. The number of ether oxygens (including phenoxy) is 1. The monoisotopic (exact) mass is 366 g/mol. The molecular weight excluding hydrogens is 336 g/mol. The van der Waals surface area contributed by atoms with Crippen LogP contribution in [-0.2, 0) is 21.1 Å². The van der Waals surface area contributed by atoms with Gasteiger partial charge >= 0.3 is 0 Å². The van der Waals surface area contributed by atoms with Crippen LogP contribution >= 0.6 is 0 Å². The van der Waals surface area contributed by atoms with Gasteiger partial charge in [-0.15, -0.1) is 0 Å². The Hall–Kier alpha value is -0.950. The van der Waals surface area contributed by atoms with Crippen molar-refractivity contribution in [1.29, 1.82) is 0 Å². The number of benzene rings is 1. The minimum absolute atomic E-state index is 0.163. The molecule has 5 nitrogen and oxygen atoms in total. The lowest BCUT2D eigenvalue weighted by Gasteiger charge is -2.31. The zero-order chi connectivity index (χ0) is 17.7. The molecule has 1 aromatic rings. The van der Waals surface area contributed by atoms with Gasteiger partial charge in [-0.1, -0.05) is 29.8 Å². The lowest BCUT2D eigenvalue weighted by atomic mass is 10.1. The smallest absolute Gasteiger partial charge is 0.151 e. The average molecular weight is 367 g/mol. The zero-order valence-electron chi connectivity index (χ0n) is 15.2. The number of hydrogen-bond donors (Lipinski definition) is 0. The van der Waals surface area contributed by atoms with Gasteiger partial charge in [0.2, 0.25) is 0 Å². The summed E-state index contributed by atoms with van der Waals surface area (Å²) in [6, 6.07) is 8.75. The van der Waals surface area contributed by atoms with Gasteiger partial charge in [0, 0.05) is 32.2 Å². The molecule has 0 amide bonds. The molecule has 2 aliphatic rings. The van der Waals surface area contributed by atoms with Crippen LogP contribution < -0.4 is 0 Å². The van der Waals surface area contributed by atoms with E-state index in [4.69, 9.17) is 4.74 Å². The molecule has 0 bridgehead atoms. The second-order valence-corrected chi connectivity index (χ2v) is 9.55. The Balaban J connectivity index is 1.58. The van der Waals surface area contributed by atoms with Crippen molar-refractivity contribution in [2.24, 2.45) is 0 Å². The molecule has 140 valence electrons. The van der Waals surface area contributed by atoms with Crippen LogP contribution in [0.1, 0.15) is 24.0 Å². The lowest BCUT2D eigenvalue weighted by Crippen LogP contribution is -2.40. The third-order valence-electron chi connectivity index (χ3n) is 5.25. The summed E-state index contributed by atoms with van der Waals surface area (Å²) in [5, 5.41) is 0. The predicted molar refractivity (Wildman–Crippen MR) is 101 cm³/mol.